The fourth-order valence-corrected chi connectivity index (χ4v) is 0. The second kappa shape index (κ2) is 35.4. The Hall–Kier alpha value is 0.142. The van der Waals surface area contributed by atoms with Crippen LogP contribution in [0.2, 0.25) is 0 Å². The second-order valence-electron chi connectivity index (χ2n) is 0.816. The van der Waals surface area contributed by atoms with Crippen LogP contribution in [0.5, 0.6) is 0 Å². The molecule has 0 N–H and O–H groups in total. The molecule has 0 nitrogen and oxygen atoms in total. The first kappa shape index (κ1) is 15.7. The Morgan fingerprint density at radius 3 is 1.00 bits per heavy atom. The first-order valence-electron chi connectivity index (χ1n) is 1.97. The molecule has 0 aliphatic rings. The van der Waals surface area contributed by atoms with Crippen LogP contribution in [0.4, 0.5) is 0 Å². The maximum absolute atomic E-state index is 3.36. The molecule has 0 aromatic heterocycles. The summed E-state index contributed by atoms with van der Waals surface area (Å²) in [4.78, 5) is 0. The summed E-state index contributed by atoms with van der Waals surface area (Å²) in [5.74, 6) is 0. The molecule has 0 unspecified atom stereocenters. The van der Waals surface area contributed by atoms with Gasteiger partial charge in [-0.25, -0.2) is 0 Å². The average Bonchev–Trinajstić information content (AvgIpc) is 1.39. The summed E-state index contributed by atoms with van der Waals surface area (Å²) in [7, 11) is 0. The Morgan fingerprint density at radius 1 is 1.00 bits per heavy atom. The Bertz CT molecular complexity index is 25.2. The van der Waals surface area contributed by atoms with Gasteiger partial charge in [-0.2, -0.15) is 0 Å². The van der Waals surface area contributed by atoms with Gasteiger partial charge >= 0.3 is 0 Å². The van der Waals surface area contributed by atoms with Crippen LogP contribution < -0.4 is 0 Å². The maximum atomic E-state index is 3.36. The van der Waals surface area contributed by atoms with Crippen molar-refractivity contribution in [2.75, 3.05) is 0 Å². The van der Waals surface area contributed by atoms with E-state index in [1.165, 1.54) is 0 Å². The zero-order chi connectivity index (χ0) is 5.41. The first-order valence-corrected chi connectivity index (χ1v) is 1.97. The molecule has 0 aromatic carbocycles. The third-order valence-corrected chi connectivity index (χ3v) is 0. The SMILES string of the molecule is C=CC.C=CC.[Pd]. The van der Waals surface area contributed by atoms with E-state index in [9.17, 15) is 0 Å². The molecule has 0 aromatic rings. The quantitative estimate of drug-likeness (QED) is 0.407. The van der Waals surface area contributed by atoms with Gasteiger partial charge in [0.25, 0.3) is 0 Å². The molecule has 0 rings (SSSR count). The van der Waals surface area contributed by atoms with E-state index in [4.69, 9.17) is 0 Å². The summed E-state index contributed by atoms with van der Waals surface area (Å²) < 4.78 is 0. The van der Waals surface area contributed by atoms with Crippen molar-refractivity contribution in [3.05, 3.63) is 25.3 Å². The van der Waals surface area contributed by atoms with Gasteiger partial charge in [0.1, 0.15) is 0 Å². The summed E-state index contributed by atoms with van der Waals surface area (Å²) in [6, 6.07) is 0. The van der Waals surface area contributed by atoms with Crippen molar-refractivity contribution < 1.29 is 20.4 Å². The minimum Gasteiger partial charge on any atom is -0.103 e. The minimum atomic E-state index is 0. The van der Waals surface area contributed by atoms with Gasteiger partial charge in [-0.05, 0) is 13.8 Å². The molecule has 0 aliphatic carbocycles. The molecule has 7 heavy (non-hydrogen) atoms. The molecule has 0 spiro atoms. The van der Waals surface area contributed by atoms with Crippen molar-refractivity contribution in [3.8, 4) is 0 Å². The minimum absolute atomic E-state index is 0. The fraction of sp³-hybridized carbons (Fsp3) is 0.333. The average molecular weight is 191 g/mol. The Labute approximate surface area is 60.0 Å². The monoisotopic (exact) mass is 190 g/mol. The molecule has 0 saturated heterocycles. The molecule has 0 aliphatic heterocycles. The molecule has 46 valence electrons. The predicted octanol–water partition coefficient (Wildman–Crippen LogP) is 2.38. The Kier molecular flexibility index (Phi) is 79.4. The Balaban J connectivity index is -0.0000000400. The van der Waals surface area contributed by atoms with Gasteiger partial charge in [-0.15, -0.1) is 13.2 Å². The van der Waals surface area contributed by atoms with Gasteiger partial charge < -0.3 is 0 Å². The van der Waals surface area contributed by atoms with Crippen molar-refractivity contribution in [2.45, 2.75) is 13.8 Å². The fourth-order valence-electron chi connectivity index (χ4n) is 0. The Morgan fingerprint density at radius 2 is 1.00 bits per heavy atom. The largest absolute Gasteiger partial charge is 0.103 e. The van der Waals surface area contributed by atoms with E-state index >= 15 is 0 Å². The molecule has 0 bridgehead atoms. The number of allylic oxidation sites excluding steroid dienone is 2. The number of hydrogen-bond donors (Lipinski definition) is 0. The summed E-state index contributed by atoms with van der Waals surface area (Å²) in [6.45, 7) is 10.5. The van der Waals surface area contributed by atoms with Crippen LogP contribution in [0.1, 0.15) is 13.8 Å². The van der Waals surface area contributed by atoms with E-state index in [2.05, 4.69) is 13.2 Å². The molecule has 0 atom stereocenters. The molecule has 0 saturated carbocycles. The summed E-state index contributed by atoms with van der Waals surface area (Å²) >= 11 is 0. The van der Waals surface area contributed by atoms with Crippen LogP contribution in [-0.4, -0.2) is 0 Å². The van der Waals surface area contributed by atoms with Gasteiger partial charge in [0, 0.05) is 20.4 Å². The molecular weight excluding hydrogens is 178 g/mol. The van der Waals surface area contributed by atoms with Gasteiger partial charge in [0.15, 0.2) is 0 Å². The molecular formula is C6H12Pd. The van der Waals surface area contributed by atoms with Crippen molar-refractivity contribution in [1.29, 1.82) is 0 Å². The van der Waals surface area contributed by atoms with E-state index in [1.54, 1.807) is 12.2 Å². The van der Waals surface area contributed by atoms with Crippen LogP contribution in [-0.2, 0) is 20.4 Å². The summed E-state index contributed by atoms with van der Waals surface area (Å²) in [5, 5.41) is 0. The third kappa shape index (κ3) is 5200. The van der Waals surface area contributed by atoms with Crippen molar-refractivity contribution in [2.24, 2.45) is 0 Å². The van der Waals surface area contributed by atoms with E-state index in [0.717, 1.165) is 0 Å². The molecule has 0 amide bonds. The number of rotatable bonds is 0. The normalized spacial score (nSPS) is 3.71. The zero-order valence-corrected chi connectivity index (χ0v) is 6.44. The van der Waals surface area contributed by atoms with Crippen LogP contribution in [0.25, 0.3) is 0 Å². The smallest absolute Gasteiger partial charge is 0 e. The zero-order valence-electron chi connectivity index (χ0n) is 4.89. The van der Waals surface area contributed by atoms with Gasteiger partial charge in [-0.1, -0.05) is 12.2 Å². The van der Waals surface area contributed by atoms with Crippen molar-refractivity contribution >= 4 is 0 Å². The second-order valence-corrected chi connectivity index (χ2v) is 0.816. The van der Waals surface area contributed by atoms with Gasteiger partial charge in [-0.3, -0.25) is 0 Å². The van der Waals surface area contributed by atoms with E-state index < -0.39 is 0 Å². The topological polar surface area (TPSA) is 0 Å². The summed E-state index contributed by atoms with van der Waals surface area (Å²) in [5.41, 5.74) is 0. The predicted molar refractivity (Wildman–Crippen MR) is 31.7 cm³/mol. The molecule has 0 heterocycles. The summed E-state index contributed by atoms with van der Waals surface area (Å²) in [6.07, 6.45) is 3.50. The molecule has 0 fully saturated rings. The van der Waals surface area contributed by atoms with Crippen molar-refractivity contribution in [1.82, 2.24) is 0 Å². The molecule has 0 radical (unpaired) electrons. The van der Waals surface area contributed by atoms with E-state index in [1.807, 2.05) is 13.8 Å². The number of hydrogen-bond acceptors (Lipinski definition) is 0. The van der Waals surface area contributed by atoms with Crippen LogP contribution >= 0.6 is 0 Å². The van der Waals surface area contributed by atoms with Gasteiger partial charge in [0.2, 0.25) is 0 Å². The van der Waals surface area contributed by atoms with E-state index in [0.29, 0.717) is 0 Å². The van der Waals surface area contributed by atoms with Gasteiger partial charge in [0.05, 0.1) is 0 Å². The van der Waals surface area contributed by atoms with Crippen LogP contribution in [0.15, 0.2) is 25.3 Å². The standard InChI is InChI=1S/2C3H6.Pd/c2*1-3-2;/h2*3H,1H2,2H3;. The van der Waals surface area contributed by atoms with Crippen molar-refractivity contribution in [3.63, 3.8) is 0 Å². The van der Waals surface area contributed by atoms with Crippen LogP contribution in [0, 0.1) is 0 Å². The maximum Gasteiger partial charge on any atom is 0 e. The molecule has 1 heteroatoms. The van der Waals surface area contributed by atoms with E-state index in [-0.39, 0.29) is 20.4 Å². The first-order chi connectivity index (χ1) is 2.83. The third-order valence-electron chi connectivity index (χ3n) is 0. The van der Waals surface area contributed by atoms with Crippen LogP contribution in [0.3, 0.4) is 0 Å².